The van der Waals surface area contributed by atoms with Crippen LogP contribution in [0.25, 0.3) is 0 Å². The molecule has 1 aliphatic rings. The molecule has 2 atom stereocenters. The first-order valence-electron chi connectivity index (χ1n) is 5.92. The van der Waals surface area contributed by atoms with E-state index in [4.69, 9.17) is 5.73 Å². The second kappa shape index (κ2) is 5.08. The molecule has 2 rings (SSSR count). The first-order valence-corrected chi connectivity index (χ1v) is 6.71. The Bertz CT molecular complexity index is 433. The third-order valence-corrected chi connectivity index (χ3v) is 3.78. The van der Waals surface area contributed by atoms with Gasteiger partial charge in [-0.2, -0.15) is 0 Å². The average molecular weight is 297 g/mol. The van der Waals surface area contributed by atoms with Crippen molar-refractivity contribution in [2.75, 3.05) is 5.73 Å². The van der Waals surface area contributed by atoms with Gasteiger partial charge in [0, 0.05) is 16.2 Å². The summed E-state index contributed by atoms with van der Waals surface area (Å²) in [6, 6.07) is 5.66. The van der Waals surface area contributed by atoms with Crippen LogP contribution < -0.4 is 11.1 Å². The lowest BCUT2D eigenvalue weighted by atomic mass is 10.1. The lowest BCUT2D eigenvalue weighted by molar-refractivity contribution is 0.0938. The fourth-order valence-corrected chi connectivity index (χ4v) is 2.72. The van der Waals surface area contributed by atoms with Crippen molar-refractivity contribution in [2.45, 2.75) is 32.2 Å². The Balaban J connectivity index is 2.04. The van der Waals surface area contributed by atoms with Crippen molar-refractivity contribution in [3.63, 3.8) is 0 Å². The highest BCUT2D eigenvalue weighted by Gasteiger charge is 2.23. The van der Waals surface area contributed by atoms with Crippen LogP contribution in [-0.4, -0.2) is 11.9 Å². The van der Waals surface area contributed by atoms with E-state index in [-0.39, 0.29) is 5.91 Å². The van der Waals surface area contributed by atoms with E-state index in [0.29, 0.717) is 23.2 Å². The fraction of sp³-hybridized carbons (Fsp3) is 0.462. The van der Waals surface area contributed by atoms with E-state index in [2.05, 4.69) is 28.2 Å². The van der Waals surface area contributed by atoms with Crippen LogP contribution in [0.15, 0.2) is 22.7 Å². The van der Waals surface area contributed by atoms with Crippen LogP contribution in [0.5, 0.6) is 0 Å². The molecule has 0 heterocycles. The van der Waals surface area contributed by atoms with Crippen molar-refractivity contribution in [1.29, 1.82) is 0 Å². The predicted molar refractivity (Wildman–Crippen MR) is 72.8 cm³/mol. The Hall–Kier alpha value is -1.03. The van der Waals surface area contributed by atoms with Crippen molar-refractivity contribution < 1.29 is 4.79 Å². The van der Waals surface area contributed by atoms with Crippen LogP contribution in [0.2, 0.25) is 0 Å². The molecule has 0 aromatic heterocycles. The molecule has 92 valence electrons. The number of nitrogen functional groups attached to an aromatic ring is 1. The zero-order valence-electron chi connectivity index (χ0n) is 9.87. The molecule has 0 saturated heterocycles. The molecule has 4 heteroatoms. The van der Waals surface area contributed by atoms with Crippen molar-refractivity contribution in [2.24, 2.45) is 5.92 Å². The summed E-state index contributed by atoms with van der Waals surface area (Å²) in [4.78, 5) is 12.0. The Morgan fingerprint density at radius 3 is 2.82 bits per heavy atom. The van der Waals surface area contributed by atoms with Gasteiger partial charge in [0.2, 0.25) is 0 Å². The zero-order chi connectivity index (χ0) is 12.4. The van der Waals surface area contributed by atoms with Crippen LogP contribution in [0.4, 0.5) is 5.69 Å². The van der Waals surface area contributed by atoms with Gasteiger partial charge < -0.3 is 11.1 Å². The van der Waals surface area contributed by atoms with Gasteiger partial charge >= 0.3 is 0 Å². The number of carbonyl (C=O) groups is 1. The molecule has 1 saturated carbocycles. The normalized spacial score (nSPS) is 23.6. The Kier molecular flexibility index (Phi) is 3.72. The first kappa shape index (κ1) is 12.4. The van der Waals surface area contributed by atoms with Gasteiger partial charge in [0.05, 0.1) is 5.56 Å². The summed E-state index contributed by atoms with van der Waals surface area (Å²) < 4.78 is 0.890. The molecule has 0 radical (unpaired) electrons. The monoisotopic (exact) mass is 296 g/mol. The molecule has 0 spiro atoms. The van der Waals surface area contributed by atoms with E-state index >= 15 is 0 Å². The number of halogens is 1. The number of benzene rings is 1. The molecular weight excluding hydrogens is 280 g/mol. The van der Waals surface area contributed by atoms with Crippen molar-refractivity contribution in [3.05, 3.63) is 28.2 Å². The van der Waals surface area contributed by atoms with E-state index in [0.717, 1.165) is 17.3 Å². The fourth-order valence-electron chi connectivity index (χ4n) is 2.34. The molecule has 1 aromatic rings. The SMILES string of the molecule is CC1CCC(NC(=O)c2ccc(Br)cc2N)C1. The maximum absolute atomic E-state index is 12.0. The van der Waals surface area contributed by atoms with E-state index in [1.807, 2.05) is 6.07 Å². The molecule has 1 aliphatic carbocycles. The van der Waals surface area contributed by atoms with Gasteiger partial charge in [-0.25, -0.2) is 0 Å². The number of hydrogen-bond acceptors (Lipinski definition) is 2. The summed E-state index contributed by atoms with van der Waals surface area (Å²) in [5.74, 6) is 0.650. The zero-order valence-corrected chi connectivity index (χ0v) is 11.5. The molecular formula is C13H17BrN2O. The first-order chi connectivity index (χ1) is 8.06. The van der Waals surface area contributed by atoms with Gasteiger partial charge in [-0.1, -0.05) is 22.9 Å². The molecule has 0 aliphatic heterocycles. The van der Waals surface area contributed by atoms with E-state index in [1.165, 1.54) is 6.42 Å². The number of anilines is 1. The highest BCUT2D eigenvalue weighted by molar-refractivity contribution is 9.10. The summed E-state index contributed by atoms with van der Waals surface area (Å²) in [7, 11) is 0. The van der Waals surface area contributed by atoms with Gasteiger partial charge in [-0.05, 0) is 43.4 Å². The molecule has 17 heavy (non-hydrogen) atoms. The van der Waals surface area contributed by atoms with E-state index < -0.39 is 0 Å². The predicted octanol–water partition coefficient (Wildman–Crippen LogP) is 2.95. The van der Waals surface area contributed by atoms with Gasteiger partial charge in [0.1, 0.15) is 0 Å². The summed E-state index contributed by atoms with van der Waals surface area (Å²) in [5, 5.41) is 3.05. The Labute approximate surface area is 110 Å². The van der Waals surface area contributed by atoms with Crippen LogP contribution in [0.3, 0.4) is 0 Å². The minimum Gasteiger partial charge on any atom is -0.398 e. The summed E-state index contributed by atoms with van der Waals surface area (Å²) in [6.45, 7) is 2.22. The quantitative estimate of drug-likeness (QED) is 0.825. The van der Waals surface area contributed by atoms with Crippen molar-refractivity contribution in [3.8, 4) is 0 Å². The number of nitrogens with two attached hydrogens (primary N) is 1. The standard InChI is InChI=1S/C13H17BrN2O/c1-8-2-4-10(6-8)16-13(17)11-5-3-9(14)7-12(11)15/h3,5,7-8,10H,2,4,6,15H2,1H3,(H,16,17). The number of hydrogen-bond donors (Lipinski definition) is 2. The van der Waals surface area contributed by atoms with Crippen LogP contribution in [-0.2, 0) is 0 Å². The van der Waals surface area contributed by atoms with Gasteiger partial charge in [-0.15, -0.1) is 0 Å². The average Bonchev–Trinajstić information content (AvgIpc) is 2.63. The largest absolute Gasteiger partial charge is 0.398 e. The highest BCUT2D eigenvalue weighted by Crippen LogP contribution is 2.25. The second-order valence-electron chi connectivity index (χ2n) is 4.82. The molecule has 1 amide bonds. The minimum atomic E-state index is -0.0610. The maximum Gasteiger partial charge on any atom is 0.253 e. The smallest absolute Gasteiger partial charge is 0.253 e. The molecule has 2 unspecified atom stereocenters. The maximum atomic E-state index is 12.0. The van der Waals surface area contributed by atoms with Gasteiger partial charge in [0.15, 0.2) is 0 Å². The molecule has 0 bridgehead atoms. The highest BCUT2D eigenvalue weighted by atomic mass is 79.9. The topological polar surface area (TPSA) is 55.1 Å². The number of carbonyl (C=O) groups excluding carboxylic acids is 1. The summed E-state index contributed by atoms with van der Waals surface area (Å²) in [5.41, 5.74) is 6.91. The molecule has 3 N–H and O–H groups in total. The van der Waals surface area contributed by atoms with Crippen molar-refractivity contribution in [1.82, 2.24) is 5.32 Å². The third kappa shape index (κ3) is 3.00. The van der Waals surface area contributed by atoms with Gasteiger partial charge in [-0.3, -0.25) is 4.79 Å². The van der Waals surface area contributed by atoms with Gasteiger partial charge in [0.25, 0.3) is 5.91 Å². The third-order valence-electron chi connectivity index (χ3n) is 3.29. The van der Waals surface area contributed by atoms with E-state index in [1.54, 1.807) is 12.1 Å². The van der Waals surface area contributed by atoms with E-state index in [9.17, 15) is 4.79 Å². The van der Waals surface area contributed by atoms with Crippen LogP contribution >= 0.6 is 15.9 Å². The molecule has 1 aromatic carbocycles. The Morgan fingerprint density at radius 1 is 1.47 bits per heavy atom. The lowest BCUT2D eigenvalue weighted by Crippen LogP contribution is -2.33. The lowest BCUT2D eigenvalue weighted by Gasteiger charge is -2.13. The van der Waals surface area contributed by atoms with Crippen LogP contribution in [0, 0.1) is 5.92 Å². The summed E-state index contributed by atoms with van der Waals surface area (Å²) in [6.07, 6.45) is 3.34. The Morgan fingerprint density at radius 2 is 2.24 bits per heavy atom. The summed E-state index contributed by atoms with van der Waals surface area (Å²) >= 11 is 3.33. The molecule has 1 fully saturated rings. The number of amides is 1. The van der Waals surface area contributed by atoms with Crippen LogP contribution in [0.1, 0.15) is 36.5 Å². The van der Waals surface area contributed by atoms with Crippen molar-refractivity contribution >= 4 is 27.5 Å². The number of rotatable bonds is 2. The second-order valence-corrected chi connectivity index (χ2v) is 5.74. The minimum absolute atomic E-state index is 0.0610. The number of nitrogens with one attached hydrogen (secondary N) is 1. The molecule has 3 nitrogen and oxygen atoms in total.